The number of aliphatic imine (C=N–C) groups is 1. The van der Waals surface area contributed by atoms with Gasteiger partial charge in [0.2, 0.25) is 0 Å². The molecule has 30 heavy (non-hydrogen) atoms. The fourth-order valence-electron chi connectivity index (χ4n) is 4.15. The summed E-state index contributed by atoms with van der Waals surface area (Å²) < 4.78 is 10.8. The van der Waals surface area contributed by atoms with E-state index in [0.717, 1.165) is 55.3 Å². The zero-order valence-electron chi connectivity index (χ0n) is 18.5. The largest absolute Gasteiger partial charge is 0.385 e. The van der Waals surface area contributed by atoms with Crippen molar-refractivity contribution in [1.82, 2.24) is 20.8 Å². The predicted molar refractivity (Wildman–Crippen MR) is 119 cm³/mol. The lowest BCUT2D eigenvalue weighted by molar-refractivity contribution is 0.138. The number of aromatic nitrogens is 2. The van der Waals surface area contributed by atoms with Gasteiger partial charge < -0.3 is 19.9 Å². The molecule has 1 aromatic heterocycles. The maximum absolute atomic E-state index is 5.42. The van der Waals surface area contributed by atoms with Gasteiger partial charge in [-0.25, -0.2) is 0 Å². The number of hydrogen-bond donors (Lipinski definition) is 2. The van der Waals surface area contributed by atoms with Crippen LogP contribution < -0.4 is 10.6 Å². The number of ether oxygens (including phenoxy) is 1. The van der Waals surface area contributed by atoms with E-state index in [9.17, 15) is 0 Å². The minimum absolute atomic E-state index is 0.321. The van der Waals surface area contributed by atoms with Gasteiger partial charge in [-0.1, -0.05) is 37.1 Å². The number of nitrogens with zero attached hydrogens (tertiary/aromatic N) is 3. The molecule has 0 saturated heterocycles. The standard InChI is InChI=1S/C23H35N5O2/c1-4-8-20-27-21(30-28-20)19-10-7-9-18(15-19)16-25-22(24-2)26-17-23(13-14-29-3)11-5-6-12-23/h7,9-10,15H,4-6,8,11-14,16-17H2,1-3H3,(H2,24,25,26). The van der Waals surface area contributed by atoms with Gasteiger partial charge in [-0.15, -0.1) is 0 Å². The minimum Gasteiger partial charge on any atom is -0.385 e. The second-order valence-corrected chi connectivity index (χ2v) is 8.20. The topological polar surface area (TPSA) is 84.6 Å². The Morgan fingerprint density at radius 3 is 2.83 bits per heavy atom. The molecule has 1 aliphatic rings. The van der Waals surface area contributed by atoms with Crippen LogP contribution in [0.2, 0.25) is 0 Å². The molecule has 0 spiro atoms. The second kappa shape index (κ2) is 11.1. The van der Waals surface area contributed by atoms with Gasteiger partial charge in [0.1, 0.15) is 0 Å². The van der Waals surface area contributed by atoms with Gasteiger partial charge in [0.15, 0.2) is 11.8 Å². The first-order valence-electron chi connectivity index (χ1n) is 11.0. The average Bonchev–Trinajstić information content (AvgIpc) is 3.43. The third-order valence-electron chi connectivity index (χ3n) is 5.93. The normalized spacial score (nSPS) is 16.0. The predicted octanol–water partition coefficient (Wildman–Crippen LogP) is 3.95. The Kier molecular flexibility index (Phi) is 8.25. The van der Waals surface area contributed by atoms with Crippen LogP contribution in [0.3, 0.4) is 0 Å². The zero-order chi connectivity index (χ0) is 21.2. The van der Waals surface area contributed by atoms with Crippen molar-refractivity contribution in [2.45, 2.75) is 58.4 Å². The molecule has 0 radical (unpaired) electrons. The molecule has 7 heteroatoms. The van der Waals surface area contributed by atoms with E-state index in [4.69, 9.17) is 9.26 Å². The summed E-state index contributed by atoms with van der Waals surface area (Å²) in [4.78, 5) is 8.89. The van der Waals surface area contributed by atoms with Gasteiger partial charge in [0.25, 0.3) is 5.89 Å². The summed E-state index contributed by atoms with van der Waals surface area (Å²) in [5.74, 6) is 2.16. The van der Waals surface area contributed by atoms with Gasteiger partial charge in [-0.05, 0) is 48.8 Å². The van der Waals surface area contributed by atoms with E-state index >= 15 is 0 Å². The molecule has 2 N–H and O–H groups in total. The molecule has 3 rings (SSSR count). The van der Waals surface area contributed by atoms with Crippen molar-refractivity contribution in [1.29, 1.82) is 0 Å². The first-order valence-corrected chi connectivity index (χ1v) is 11.0. The molecule has 2 aromatic rings. The Morgan fingerprint density at radius 1 is 1.27 bits per heavy atom. The van der Waals surface area contributed by atoms with Crippen LogP contribution in [-0.4, -0.2) is 43.4 Å². The first-order chi connectivity index (χ1) is 14.7. The summed E-state index contributed by atoms with van der Waals surface area (Å²) >= 11 is 0. The summed E-state index contributed by atoms with van der Waals surface area (Å²) in [7, 11) is 3.60. The van der Waals surface area contributed by atoms with E-state index in [1.165, 1.54) is 25.7 Å². The molecular formula is C23H35N5O2. The molecule has 1 fully saturated rings. The van der Waals surface area contributed by atoms with Crippen molar-refractivity contribution < 1.29 is 9.26 Å². The van der Waals surface area contributed by atoms with E-state index in [1.54, 1.807) is 7.11 Å². The molecule has 1 aromatic carbocycles. The lowest BCUT2D eigenvalue weighted by atomic mass is 9.83. The van der Waals surface area contributed by atoms with Crippen molar-refractivity contribution in [2.24, 2.45) is 10.4 Å². The highest BCUT2D eigenvalue weighted by Gasteiger charge is 2.33. The maximum Gasteiger partial charge on any atom is 0.257 e. The van der Waals surface area contributed by atoms with Crippen LogP contribution in [0, 0.1) is 5.41 Å². The first kappa shape index (κ1) is 22.3. The highest BCUT2D eigenvalue weighted by Crippen LogP contribution is 2.40. The lowest BCUT2D eigenvalue weighted by Crippen LogP contribution is -2.43. The van der Waals surface area contributed by atoms with Crippen LogP contribution in [0.25, 0.3) is 11.5 Å². The van der Waals surface area contributed by atoms with Gasteiger partial charge in [0.05, 0.1) is 0 Å². The maximum atomic E-state index is 5.42. The van der Waals surface area contributed by atoms with Crippen molar-refractivity contribution >= 4 is 5.96 Å². The monoisotopic (exact) mass is 413 g/mol. The third-order valence-corrected chi connectivity index (χ3v) is 5.93. The summed E-state index contributed by atoms with van der Waals surface area (Å²) in [6, 6.07) is 8.19. The number of guanidine groups is 1. The van der Waals surface area contributed by atoms with E-state index in [0.29, 0.717) is 17.9 Å². The van der Waals surface area contributed by atoms with Gasteiger partial charge in [0, 0.05) is 45.8 Å². The Bertz CT molecular complexity index is 811. The van der Waals surface area contributed by atoms with Crippen LogP contribution in [0.4, 0.5) is 0 Å². The average molecular weight is 414 g/mol. The number of rotatable bonds is 10. The van der Waals surface area contributed by atoms with Gasteiger partial charge in [-0.3, -0.25) is 4.99 Å². The van der Waals surface area contributed by atoms with E-state index in [1.807, 2.05) is 19.2 Å². The fourth-order valence-corrected chi connectivity index (χ4v) is 4.15. The molecule has 0 bridgehead atoms. The van der Waals surface area contributed by atoms with Crippen molar-refractivity contribution in [2.75, 3.05) is 27.3 Å². The molecule has 1 heterocycles. The Balaban J connectivity index is 1.55. The number of nitrogens with one attached hydrogen (secondary N) is 2. The van der Waals surface area contributed by atoms with Crippen molar-refractivity contribution in [3.8, 4) is 11.5 Å². The molecule has 1 saturated carbocycles. The number of benzene rings is 1. The van der Waals surface area contributed by atoms with E-state index in [2.05, 4.69) is 44.8 Å². The van der Waals surface area contributed by atoms with Crippen LogP contribution in [0.15, 0.2) is 33.8 Å². The molecular weight excluding hydrogens is 378 g/mol. The molecule has 0 amide bonds. The molecule has 164 valence electrons. The zero-order valence-corrected chi connectivity index (χ0v) is 18.5. The summed E-state index contributed by atoms with van der Waals surface area (Å²) in [6.07, 6.45) is 8.05. The van der Waals surface area contributed by atoms with Gasteiger partial charge >= 0.3 is 0 Å². The molecule has 0 unspecified atom stereocenters. The number of methoxy groups -OCH3 is 1. The minimum atomic E-state index is 0.321. The highest BCUT2D eigenvalue weighted by atomic mass is 16.5. The Labute approximate surface area is 179 Å². The third kappa shape index (κ3) is 6.05. The molecule has 0 atom stereocenters. The van der Waals surface area contributed by atoms with Crippen molar-refractivity contribution in [3.63, 3.8) is 0 Å². The molecule has 0 aliphatic heterocycles. The van der Waals surface area contributed by atoms with E-state index < -0.39 is 0 Å². The molecule has 7 nitrogen and oxygen atoms in total. The SMILES string of the molecule is CCCc1noc(-c2cccc(CNC(=NC)NCC3(CCOC)CCCC3)c2)n1. The van der Waals surface area contributed by atoms with Crippen molar-refractivity contribution in [3.05, 3.63) is 35.7 Å². The molecule has 1 aliphatic carbocycles. The van der Waals surface area contributed by atoms with Crippen LogP contribution in [-0.2, 0) is 17.7 Å². The van der Waals surface area contributed by atoms with Crippen LogP contribution >= 0.6 is 0 Å². The quantitative estimate of drug-likeness (QED) is 0.453. The van der Waals surface area contributed by atoms with Crippen LogP contribution in [0.5, 0.6) is 0 Å². The van der Waals surface area contributed by atoms with E-state index in [-0.39, 0.29) is 0 Å². The Morgan fingerprint density at radius 2 is 2.10 bits per heavy atom. The fraction of sp³-hybridized carbons (Fsp3) is 0.609. The summed E-state index contributed by atoms with van der Waals surface area (Å²) in [6.45, 7) is 4.53. The second-order valence-electron chi connectivity index (χ2n) is 8.20. The Hall–Kier alpha value is -2.41. The summed E-state index contributed by atoms with van der Waals surface area (Å²) in [5.41, 5.74) is 2.40. The lowest BCUT2D eigenvalue weighted by Gasteiger charge is -2.30. The number of aryl methyl sites for hydroxylation is 1. The van der Waals surface area contributed by atoms with Gasteiger partial charge in [-0.2, -0.15) is 4.98 Å². The van der Waals surface area contributed by atoms with Crippen LogP contribution in [0.1, 0.15) is 56.8 Å². The number of hydrogen-bond acceptors (Lipinski definition) is 5. The highest BCUT2D eigenvalue weighted by molar-refractivity contribution is 5.79. The summed E-state index contributed by atoms with van der Waals surface area (Å²) in [5, 5.41) is 11.0. The smallest absolute Gasteiger partial charge is 0.257 e.